The van der Waals surface area contributed by atoms with Crippen LogP contribution >= 0.6 is 0 Å². The predicted octanol–water partition coefficient (Wildman–Crippen LogP) is 1.00. The monoisotopic (exact) mass is 375 g/mol. The summed E-state index contributed by atoms with van der Waals surface area (Å²) >= 11 is 0. The minimum Gasteiger partial charge on any atom is -0.451 e. The van der Waals surface area contributed by atoms with Gasteiger partial charge in [0.15, 0.2) is 6.10 Å². The van der Waals surface area contributed by atoms with Crippen LogP contribution < -0.4 is 15.5 Å². The molecule has 0 radical (unpaired) electrons. The summed E-state index contributed by atoms with van der Waals surface area (Å²) in [4.78, 5) is 49.0. The van der Waals surface area contributed by atoms with Crippen LogP contribution in [0.5, 0.6) is 0 Å². The Hall–Kier alpha value is -2.90. The highest BCUT2D eigenvalue weighted by Gasteiger charge is 2.22. The number of benzene rings is 1. The Labute approximate surface area is 158 Å². The first-order valence-electron chi connectivity index (χ1n) is 9.08. The molecule has 0 spiro atoms. The van der Waals surface area contributed by atoms with Crippen molar-refractivity contribution in [2.45, 2.75) is 39.2 Å². The van der Waals surface area contributed by atoms with Gasteiger partial charge in [-0.15, -0.1) is 0 Å². The van der Waals surface area contributed by atoms with Gasteiger partial charge in [0.1, 0.15) is 6.54 Å². The smallest absolute Gasteiger partial charge is 0.326 e. The number of hydrogen-bond acceptors (Lipinski definition) is 5. The van der Waals surface area contributed by atoms with Crippen molar-refractivity contribution in [3.63, 3.8) is 0 Å². The number of rotatable bonds is 8. The van der Waals surface area contributed by atoms with Crippen LogP contribution in [0.4, 0.5) is 5.69 Å². The number of ether oxygens (including phenoxy) is 1. The van der Waals surface area contributed by atoms with Crippen molar-refractivity contribution in [3.8, 4) is 0 Å². The van der Waals surface area contributed by atoms with Gasteiger partial charge in [-0.05, 0) is 44.0 Å². The molecule has 8 nitrogen and oxygen atoms in total. The molecule has 1 atom stereocenters. The van der Waals surface area contributed by atoms with E-state index in [1.54, 1.807) is 29.2 Å². The molecule has 0 unspecified atom stereocenters. The zero-order valence-corrected chi connectivity index (χ0v) is 15.6. The molecule has 8 heteroatoms. The Morgan fingerprint density at radius 1 is 1.19 bits per heavy atom. The third kappa shape index (κ3) is 5.80. The first kappa shape index (κ1) is 20.4. The first-order valence-corrected chi connectivity index (χ1v) is 9.08. The highest BCUT2D eigenvalue weighted by atomic mass is 16.5. The van der Waals surface area contributed by atoms with E-state index in [0.29, 0.717) is 25.1 Å². The molecule has 0 aromatic heterocycles. The highest BCUT2D eigenvalue weighted by Crippen LogP contribution is 2.21. The van der Waals surface area contributed by atoms with Crippen LogP contribution in [-0.2, 0) is 19.1 Å². The molecule has 2 rings (SSSR count). The minimum absolute atomic E-state index is 0.0760. The topological polar surface area (TPSA) is 105 Å². The van der Waals surface area contributed by atoms with Gasteiger partial charge in [-0.1, -0.05) is 6.92 Å². The van der Waals surface area contributed by atoms with Gasteiger partial charge < -0.3 is 20.3 Å². The van der Waals surface area contributed by atoms with Gasteiger partial charge in [-0.3, -0.25) is 19.2 Å². The Balaban J connectivity index is 1.80. The molecule has 0 aliphatic carbocycles. The Morgan fingerprint density at radius 3 is 2.48 bits per heavy atom. The van der Waals surface area contributed by atoms with E-state index in [1.807, 2.05) is 6.92 Å². The second-order valence-electron chi connectivity index (χ2n) is 6.30. The van der Waals surface area contributed by atoms with Gasteiger partial charge in [0.25, 0.3) is 11.8 Å². The van der Waals surface area contributed by atoms with Crippen molar-refractivity contribution in [2.75, 3.05) is 24.5 Å². The number of nitrogens with one attached hydrogen (secondary N) is 2. The number of nitrogens with zero attached hydrogens (tertiary/aromatic N) is 1. The molecule has 1 aromatic carbocycles. The van der Waals surface area contributed by atoms with Gasteiger partial charge >= 0.3 is 5.97 Å². The summed E-state index contributed by atoms with van der Waals surface area (Å²) in [5.74, 6) is -1.42. The fourth-order valence-corrected chi connectivity index (χ4v) is 2.65. The number of anilines is 1. The maximum atomic E-state index is 12.1. The first-order chi connectivity index (χ1) is 12.9. The molecular formula is C19H25N3O5. The summed E-state index contributed by atoms with van der Waals surface area (Å²) in [7, 11) is 0. The van der Waals surface area contributed by atoms with Gasteiger partial charge in [-0.2, -0.15) is 0 Å². The lowest BCUT2D eigenvalue weighted by Crippen LogP contribution is -2.39. The lowest BCUT2D eigenvalue weighted by Gasteiger charge is -2.16. The molecular weight excluding hydrogens is 350 g/mol. The van der Waals surface area contributed by atoms with Crippen LogP contribution in [0.1, 0.15) is 43.5 Å². The number of carbonyl (C=O) groups excluding carboxylic acids is 4. The average molecular weight is 375 g/mol. The summed E-state index contributed by atoms with van der Waals surface area (Å²) < 4.78 is 4.98. The van der Waals surface area contributed by atoms with E-state index in [9.17, 15) is 19.2 Å². The highest BCUT2D eigenvalue weighted by molar-refractivity contribution is 5.98. The zero-order chi connectivity index (χ0) is 19.8. The van der Waals surface area contributed by atoms with E-state index in [0.717, 1.165) is 18.5 Å². The molecule has 0 bridgehead atoms. The largest absolute Gasteiger partial charge is 0.451 e. The second kappa shape index (κ2) is 9.70. The van der Waals surface area contributed by atoms with Crippen LogP contribution in [0.3, 0.4) is 0 Å². The molecule has 1 saturated heterocycles. The van der Waals surface area contributed by atoms with Crippen molar-refractivity contribution in [1.82, 2.24) is 10.6 Å². The fourth-order valence-electron chi connectivity index (χ4n) is 2.65. The zero-order valence-electron chi connectivity index (χ0n) is 15.6. The van der Waals surface area contributed by atoms with E-state index < -0.39 is 18.0 Å². The molecule has 1 heterocycles. The third-order valence-electron chi connectivity index (χ3n) is 4.13. The third-order valence-corrected chi connectivity index (χ3v) is 4.13. The number of hydrogen-bond donors (Lipinski definition) is 2. The lowest BCUT2D eigenvalue weighted by atomic mass is 10.2. The van der Waals surface area contributed by atoms with Crippen molar-refractivity contribution < 1.29 is 23.9 Å². The SMILES string of the molecule is CCCNC(=O)[C@@H](C)OC(=O)CNC(=O)c1ccc(N2CCCC2=O)cc1. The number of esters is 1. The van der Waals surface area contributed by atoms with E-state index >= 15 is 0 Å². The van der Waals surface area contributed by atoms with Gasteiger partial charge in [0.05, 0.1) is 0 Å². The van der Waals surface area contributed by atoms with Gasteiger partial charge in [-0.25, -0.2) is 0 Å². The number of carbonyl (C=O) groups is 4. The summed E-state index contributed by atoms with van der Waals surface area (Å²) in [6, 6.07) is 6.61. The average Bonchev–Trinajstić information content (AvgIpc) is 3.10. The summed E-state index contributed by atoms with van der Waals surface area (Å²) in [6.07, 6.45) is 1.24. The van der Waals surface area contributed by atoms with Crippen molar-refractivity contribution >= 4 is 29.4 Å². The van der Waals surface area contributed by atoms with Gasteiger partial charge in [0.2, 0.25) is 5.91 Å². The minimum atomic E-state index is -0.918. The number of amides is 3. The molecule has 1 aliphatic heterocycles. The summed E-state index contributed by atoms with van der Waals surface area (Å²) in [5, 5.41) is 5.09. The normalized spacial score (nSPS) is 14.6. The Morgan fingerprint density at radius 2 is 1.89 bits per heavy atom. The molecule has 1 aromatic rings. The fraction of sp³-hybridized carbons (Fsp3) is 0.474. The van der Waals surface area contributed by atoms with Crippen LogP contribution in [0.15, 0.2) is 24.3 Å². The van der Waals surface area contributed by atoms with Crippen molar-refractivity contribution in [1.29, 1.82) is 0 Å². The van der Waals surface area contributed by atoms with E-state index in [4.69, 9.17) is 4.74 Å². The standard InChI is InChI=1S/C19H25N3O5/c1-3-10-20-18(25)13(2)27-17(24)12-21-19(26)14-6-8-15(9-7-14)22-11-4-5-16(22)23/h6-9,13H,3-5,10-12H2,1-2H3,(H,20,25)(H,21,26)/t13-/m1/s1. The quantitative estimate of drug-likeness (QED) is 0.660. The molecule has 27 heavy (non-hydrogen) atoms. The Kier molecular flexibility index (Phi) is 7.34. The molecule has 3 amide bonds. The molecule has 0 saturated carbocycles. The summed E-state index contributed by atoms with van der Waals surface area (Å²) in [5.41, 5.74) is 1.12. The Bertz CT molecular complexity index is 702. The van der Waals surface area contributed by atoms with E-state index in [-0.39, 0.29) is 18.4 Å². The maximum absolute atomic E-state index is 12.1. The maximum Gasteiger partial charge on any atom is 0.326 e. The van der Waals surface area contributed by atoms with Crippen molar-refractivity contribution in [2.24, 2.45) is 0 Å². The molecule has 1 aliphatic rings. The lowest BCUT2D eigenvalue weighted by molar-refractivity contribution is -0.153. The van der Waals surface area contributed by atoms with Crippen LogP contribution in [0, 0.1) is 0 Å². The summed E-state index contributed by atoms with van der Waals surface area (Å²) in [6.45, 7) is 4.25. The van der Waals surface area contributed by atoms with E-state index in [2.05, 4.69) is 10.6 Å². The van der Waals surface area contributed by atoms with Crippen molar-refractivity contribution in [3.05, 3.63) is 29.8 Å². The van der Waals surface area contributed by atoms with Crippen LogP contribution in [0.25, 0.3) is 0 Å². The van der Waals surface area contributed by atoms with Gasteiger partial charge in [0, 0.05) is 30.8 Å². The van der Waals surface area contributed by atoms with E-state index in [1.165, 1.54) is 6.92 Å². The van der Waals surface area contributed by atoms with Crippen LogP contribution in [-0.4, -0.2) is 49.4 Å². The molecule has 146 valence electrons. The molecule has 1 fully saturated rings. The van der Waals surface area contributed by atoms with Crippen LogP contribution in [0.2, 0.25) is 0 Å². The predicted molar refractivity (Wildman–Crippen MR) is 99.2 cm³/mol. The second-order valence-corrected chi connectivity index (χ2v) is 6.30. The molecule has 2 N–H and O–H groups in total.